The minimum Gasteiger partial charge on any atom is -0.506 e. The number of aliphatic imine (C=N–C) groups is 1. The van der Waals surface area contributed by atoms with Gasteiger partial charge in [-0.15, -0.1) is 0 Å². The summed E-state index contributed by atoms with van der Waals surface area (Å²) in [5.74, 6) is 0.0127. The molecule has 304 valence electrons. The van der Waals surface area contributed by atoms with Crippen molar-refractivity contribution in [2.24, 2.45) is 4.99 Å². The van der Waals surface area contributed by atoms with Gasteiger partial charge in [0.05, 0.1) is 39.7 Å². The summed E-state index contributed by atoms with van der Waals surface area (Å²) in [5, 5.41) is 13.3. The summed E-state index contributed by atoms with van der Waals surface area (Å²) in [6.45, 7) is 17.2. The van der Waals surface area contributed by atoms with Crippen molar-refractivity contribution in [1.82, 2.24) is 4.98 Å². The Morgan fingerprint density at radius 2 is 1.11 bits per heavy atom. The maximum absolute atomic E-state index is 13.6. The number of unbranched alkanes of at least 4 members (excludes halogenated alkanes) is 20. The van der Waals surface area contributed by atoms with Gasteiger partial charge in [-0.1, -0.05) is 155 Å². The number of thiazole rings is 1. The third-order valence-electron chi connectivity index (χ3n) is 10.9. The maximum atomic E-state index is 13.6. The van der Waals surface area contributed by atoms with E-state index in [4.69, 9.17) is 9.98 Å². The van der Waals surface area contributed by atoms with E-state index < -0.39 is 0 Å². The number of aliphatic hydroxyl groups excluding tert-OH is 1. The molecule has 1 aromatic heterocycles. The molecule has 8 heteroatoms. The van der Waals surface area contributed by atoms with Crippen molar-refractivity contribution in [2.45, 2.75) is 196 Å². The van der Waals surface area contributed by atoms with E-state index in [0.29, 0.717) is 11.1 Å². The molecule has 0 unspecified atom stereocenters. The minimum atomic E-state index is -0.0874. The predicted octanol–water partition coefficient (Wildman–Crippen LogP) is 13.9. The second kappa shape index (κ2) is 27.4. The van der Waals surface area contributed by atoms with Crippen LogP contribution in [0.5, 0.6) is 0 Å². The molecular formula is C46H77N4O2S2+. The van der Waals surface area contributed by atoms with Crippen LogP contribution in [0.3, 0.4) is 0 Å². The molecule has 1 N–H and O–H groups in total. The van der Waals surface area contributed by atoms with E-state index >= 15 is 0 Å². The molecule has 0 saturated heterocycles. The number of carbonyl (C=O) groups excluding carboxylic acids is 1. The number of aryl methyl sites for hydroxylation is 1. The third kappa shape index (κ3) is 15.7. The first kappa shape index (κ1) is 46.2. The van der Waals surface area contributed by atoms with Crippen LogP contribution >= 0.6 is 23.1 Å². The number of hydrogen-bond acceptors (Lipinski definition) is 6. The topological polar surface area (TPSA) is 68.8 Å². The van der Waals surface area contributed by atoms with Crippen LogP contribution < -0.4 is 4.90 Å². The lowest BCUT2D eigenvalue weighted by molar-refractivity contribution is -0.527. The molecule has 54 heavy (non-hydrogen) atoms. The highest BCUT2D eigenvalue weighted by atomic mass is 32.2. The molecule has 1 aliphatic carbocycles. The summed E-state index contributed by atoms with van der Waals surface area (Å²) in [5.41, 5.74) is 2.64. The fourth-order valence-electron chi connectivity index (χ4n) is 7.32. The normalized spacial score (nSPS) is 15.9. The molecule has 1 aliphatic heterocycles. The molecule has 0 atom stereocenters. The monoisotopic (exact) mass is 782 g/mol. The number of thioether (sulfide) groups is 1. The Morgan fingerprint density at radius 1 is 0.648 bits per heavy atom. The average molecular weight is 782 g/mol. The molecular weight excluding hydrogens is 705 g/mol. The van der Waals surface area contributed by atoms with E-state index in [0.717, 1.165) is 70.5 Å². The summed E-state index contributed by atoms with van der Waals surface area (Å²) >= 11 is 3.29. The van der Waals surface area contributed by atoms with Crippen molar-refractivity contribution >= 4 is 51.0 Å². The van der Waals surface area contributed by atoms with Gasteiger partial charge in [0, 0.05) is 31.8 Å². The number of rotatable bonds is 31. The Balaban J connectivity index is 1.71. The molecule has 0 amide bonds. The van der Waals surface area contributed by atoms with Crippen LogP contribution in [0.2, 0.25) is 0 Å². The number of aliphatic hydroxyl groups is 1. The number of hydrogen-bond donors (Lipinski definition) is 1. The number of Topliss-reactive ketones (excluding diaryl/α,β-unsaturated/α-hetero) is 1. The molecule has 0 spiro atoms. The predicted molar refractivity (Wildman–Crippen MR) is 239 cm³/mol. The van der Waals surface area contributed by atoms with Gasteiger partial charge < -0.3 is 10.0 Å². The Kier molecular flexibility index (Phi) is 23.5. The highest BCUT2D eigenvalue weighted by Gasteiger charge is 2.41. The molecule has 0 bridgehead atoms. The first-order valence-corrected chi connectivity index (χ1v) is 24.0. The lowest BCUT2D eigenvalue weighted by Crippen LogP contribution is -2.25. The highest BCUT2D eigenvalue weighted by Crippen LogP contribution is 2.40. The molecule has 2 aliphatic rings. The van der Waals surface area contributed by atoms with Crippen LogP contribution in [-0.4, -0.2) is 57.5 Å². The van der Waals surface area contributed by atoms with Crippen LogP contribution in [0.1, 0.15) is 199 Å². The third-order valence-corrected chi connectivity index (χ3v) is 13.3. The van der Waals surface area contributed by atoms with Gasteiger partial charge >= 0.3 is 5.17 Å². The van der Waals surface area contributed by atoms with Gasteiger partial charge in [0.15, 0.2) is 10.8 Å². The van der Waals surface area contributed by atoms with E-state index in [2.05, 4.69) is 44.1 Å². The summed E-state index contributed by atoms with van der Waals surface area (Å²) in [4.78, 5) is 27.9. The lowest BCUT2D eigenvalue weighted by atomic mass is 9.86. The number of nitrogens with zero attached hydrogens (tertiary/aromatic N) is 4. The molecule has 0 aromatic carbocycles. The SMILES string of the molecule is CCCCCCCCN(CCCCCCCC)c1nc(C)c(C=CC2=C(O)C(=C3SC(=[N+](CCCCCCCC)CCCCCCCC)N=C3C)C2=O)s1. The van der Waals surface area contributed by atoms with Gasteiger partial charge in [0.1, 0.15) is 5.76 Å². The van der Waals surface area contributed by atoms with Crippen molar-refractivity contribution in [3.8, 4) is 0 Å². The van der Waals surface area contributed by atoms with E-state index in [-0.39, 0.29) is 11.5 Å². The number of ketones is 1. The number of allylic oxidation sites excluding steroid dienone is 4. The second-order valence-corrected chi connectivity index (χ2v) is 17.7. The fraction of sp³-hybridized carbons (Fsp3) is 0.739. The van der Waals surface area contributed by atoms with Crippen molar-refractivity contribution in [3.63, 3.8) is 0 Å². The average Bonchev–Trinajstić information content (AvgIpc) is 3.73. The summed E-state index contributed by atoms with van der Waals surface area (Å²) < 4.78 is 2.44. The zero-order valence-corrected chi connectivity index (χ0v) is 37.0. The number of anilines is 1. The standard InChI is InChI=1S/C46H76N4O2S2/c1-7-11-15-19-23-27-33-49(34-28-24-20-16-12-8-2)45-47-37(5)40(53-45)32-31-39-42(51)41(43(39)52)44-38(6)48-46(54-44)50(35-29-25-21-17-13-9-3)36-30-26-22-18-14-10-4/h31-32H,7-30,33-36H2,1-6H3/p+1. The molecule has 0 fully saturated rings. The number of amidine groups is 1. The van der Waals surface area contributed by atoms with E-state index in [9.17, 15) is 9.90 Å². The second-order valence-electron chi connectivity index (χ2n) is 15.7. The molecule has 3 rings (SSSR count). The zero-order chi connectivity index (χ0) is 39.0. The maximum Gasteiger partial charge on any atom is 0.359 e. The van der Waals surface area contributed by atoms with Crippen LogP contribution in [0, 0.1) is 6.92 Å². The van der Waals surface area contributed by atoms with Crippen molar-refractivity contribution in [2.75, 3.05) is 31.1 Å². The summed E-state index contributed by atoms with van der Waals surface area (Å²) in [7, 11) is 0. The molecule has 1 aromatic rings. The van der Waals surface area contributed by atoms with Gasteiger partial charge in [-0.25, -0.2) is 4.98 Å². The van der Waals surface area contributed by atoms with Crippen LogP contribution in [0.15, 0.2) is 32.9 Å². The Hall–Kier alpha value is -2.19. The van der Waals surface area contributed by atoms with Gasteiger partial charge in [0.25, 0.3) is 0 Å². The first-order valence-electron chi connectivity index (χ1n) is 22.3. The zero-order valence-electron chi connectivity index (χ0n) is 35.4. The Morgan fingerprint density at radius 3 is 1.59 bits per heavy atom. The smallest absolute Gasteiger partial charge is 0.359 e. The quantitative estimate of drug-likeness (QED) is 0.0461. The van der Waals surface area contributed by atoms with Crippen LogP contribution in [-0.2, 0) is 4.79 Å². The van der Waals surface area contributed by atoms with E-state index in [1.54, 1.807) is 29.2 Å². The van der Waals surface area contributed by atoms with Crippen molar-refractivity contribution in [3.05, 3.63) is 38.5 Å². The Labute approximate surface area is 339 Å². The van der Waals surface area contributed by atoms with Crippen molar-refractivity contribution < 1.29 is 14.5 Å². The fourth-order valence-corrected chi connectivity index (χ4v) is 9.50. The van der Waals surface area contributed by atoms with Gasteiger partial charge in [-0.2, -0.15) is 0 Å². The largest absolute Gasteiger partial charge is 0.506 e. The molecule has 6 nitrogen and oxygen atoms in total. The van der Waals surface area contributed by atoms with Crippen LogP contribution in [0.4, 0.5) is 5.13 Å². The summed E-state index contributed by atoms with van der Waals surface area (Å²) in [6.07, 6.45) is 34.5. The highest BCUT2D eigenvalue weighted by molar-refractivity contribution is 8.18. The van der Waals surface area contributed by atoms with Gasteiger partial charge in [-0.05, 0) is 62.6 Å². The minimum absolute atomic E-state index is 0.0874. The lowest BCUT2D eigenvalue weighted by Gasteiger charge is -2.22. The van der Waals surface area contributed by atoms with Crippen molar-refractivity contribution in [1.29, 1.82) is 0 Å². The molecule has 0 radical (unpaired) electrons. The molecule has 2 heterocycles. The first-order chi connectivity index (χ1) is 26.4. The van der Waals surface area contributed by atoms with E-state index in [1.165, 1.54) is 141 Å². The number of aromatic nitrogens is 1. The van der Waals surface area contributed by atoms with E-state index in [1.807, 2.05) is 13.0 Å². The molecule has 0 saturated carbocycles. The van der Waals surface area contributed by atoms with Gasteiger partial charge in [-0.3, -0.25) is 9.37 Å². The number of carbonyl (C=O) groups is 1. The Bertz CT molecular complexity index is 1390. The van der Waals surface area contributed by atoms with Crippen LogP contribution in [0.25, 0.3) is 6.08 Å². The van der Waals surface area contributed by atoms with Gasteiger partial charge in [0.2, 0.25) is 5.78 Å². The summed E-state index contributed by atoms with van der Waals surface area (Å²) in [6, 6.07) is 0.